The van der Waals surface area contributed by atoms with Gasteiger partial charge in [0, 0.05) is 35.6 Å². The molecule has 0 bridgehead atoms. The van der Waals surface area contributed by atoms with Crippen LogP contribution in [0.4, 0.5) is 5.69 Å². The van der Waals surface area contributed by atoms with Gasteiger partial charge in [0.15, 0.2) is 0 Å². The van der Waals surface area contributed by atoms with Gasteiger partial charge < -0.3 is 10.4 Å². The molecule has 0 spiro atoms. The molecule has 1 heterocycles. The fourth-order valence-electron chi connectivity index (χ4n) is 2.47. The van der Waals surface area contributed by atoms with Crippen LogP contribution in [0, 0.1) is 13.8 Å². The maximum Gasteiger partial charge on any atom is 0.123 e. The molecular formula is C18H18N2O. The minimum atomic E-state index is 0.365. The smallest absolute Gasteiger partial charge is 0.123 e. The normalized spacial score (nSPS) is 10.8. The van der Waals surface area contributed by atoms with Gasteiger partial charge in [-0.25, -0.2) is 0 Å². The van der Waals surface area contributed by atoms with Crippen molar-refractivity contribution in [3.8, 4) is 5.75 Å². The Morgan fingerprint density at radius 3 is 2.76 bits per heavy atom. The molecule has 0 unspecified atom stereocenters. The van der Waals surface area contributed by atoms with Crippen molar-refractivity contribution in [3.05, 3.63) is 65.5 Å². The Bertz CT molecular complexity index is 796. The molecule has 3 heteroatoms. The average molecular weight is 278 g/mol. The molecule has 3 aromatic rings. The molecule has 106 valence electrons. The van der Waals surface area contributed by atoms with E-state index < -0.39 is 0 Å². The fourth-order valence-corrected chi connectivity index (χ4v) is 2.47. The molecule has 21 heavy (non-hydrogen) atoms. The van der Waals surface area contributed by atoms with E-state index in [1.165, 1.54) is 10.9 Å². The number of nitrogens with one attached hydrogen (secondary N) is 1. The SMILES string of the molecule is Cc1ccc(NCc2ccc3cnccc3c2)c(C)c1O. The highest BCUT2D eigenvalue weighted by Crippen LogP contribution is 2.28. The molecule has 0 atom stereocenters. The summed E-state index contributed by atoms with van der Waals surface area (Å²) in [6.07, 6.45) is 3.68. The number of aromatic hydroxyl groups is 1. The number of aryl methyl sites for hydroxylation is 1. The van der Waals surface area contributed by atoms with Gasteiger partial charge in [-0.15, -0.1) is 0 Å². The van der Waals surface area contributed by atoms with Crippen LogP contribution >= 0.6 is 0 Å². The van der Waals surface area contributed by atoms with E-state index in [0.29, 0.717) is 5.75 Å². The summed E-state index contributed by atoms with van der Waals surface area (Å²) in [5, 5.41) is 15.7. The molecule has 0 amide bonds. The minimum Gasteiger partial charge on any atom is -0.507 e. The maximum atomic E-state index is 9.98. The summed E-state index contributed by atoms with van der Waals surface area (Å²) in [6, 6.07) is 12.3. The van der Waals surface area contributed by atoms with Crippen molar-refractivity contribution in [2.45, 2.75) is 20.4 Å². The molecule has 0 aliphatic carbocycles. The van der Waals surface area contributed by atoms with Crippen molar-refractivity contribution in [2.24, 2.45) is 0 Å². The zero-order chi connectivity index (χ0) is 14.8. The van der Waals surface area contributed by atoms with E-state index in [4.69, 9.17) is 0 Å². The Hall–Kier alpha value is -2.55. The number of rotatable bonds is 3. The number of hydrogen-bond donors (Lipinski definition) is 2. The van der Waals surface area contributed by atoms with Crippen LogP contribution in [0.3, 0.4) is 0 Å². The van der Waals surface area contributed by atoms with Crippen LogP contribution < -0.4 is 5.32 Å². The molecule has 3 nitrogen and oxygen atoms in total. The number of pyridine rings is 1. The first-order chi connectivity index (χ1) is 10.1. The molecule has 2 N–H and O–H groups in total. The predicted molar refractivity (Wildman–Crippen MR) is 86.7 cm³/mol. The lowest BCUT2D eigenvalue weighted by Crippen LogP contribution is -2.01. The van der Waals surface area contributed by atoms with E-state index in [0.717, 1.165) is 28.7 Å². The summed E-state index contributed by atoms with van der Waals surface area (Å²) < 4.78 is 0. The molecule has 0 aliphatic rings. The molecule has 0 saturated heterocycles. The highest BCUT2D eigenvalue weighted by atomic mass is 16.3. The quantitative estimate of drug-likeness (QED) is 0.755. The second-order valence-electron chi connectivity index (χ2n) is 5.31. The summed E-state index contributed by atoms with van der Waals surface area (Å²) in [6.45, 7) is 4.56. The van der Waals surface area contributed by atoms with Crippen molar-refractivity contribution in [3.63, 3.8) is 0 Å². The Balaban J connectivity index is 1.82. The Morgan fingerprint density at radius 1 is 1.05 bits per heavy atom. The largest absolute Gasteiger partial charge is 0.507 e. The first-order valence-electron chi connectivity index (χ1n) is 7.01. The van der Waals surface area contributed by atoms with Gasteiger partial charge in [-0.1, -0.05) is 18.2 Å². The molecule has 2 aromatic carbocycles. The molecule has 0 radical (unpaired) electrons. The second kappa shape index (κ2) is 5.44. The van der Waals surface area contributed by atoms with Gasteiger partial charge in [-0.05, 0) is 48.6 Å². The van der Waals surface area contributed by atoms with Crippen LogP contribution in [0.5, 0.6) is 5.75 Å². The standard InChI is InChI=1S/C18H18N2O/c1-12-3-6-17(13(2)18(12)21)20-10-14-4-5-16-11-19-8-7-15(16)9-14/h3-9,11,20-21H,10H2,1-2H3. The van der Waals surface area contributed by atoms with Crippen molar-refractivity contribution in [1.82, 2.24) is 4.98 Å². The molecule has 3 rings (SSSR count). The highest BCUT2D eigenvalue weighted by Gasteiger charge is 2.06. The molecule has 1 aromatic heterocycles. The summed E-state index contributed by atoms with van der Waals surface area (Å²) in [7, 11) is 0. The van der Waals surface area contributed by atoms with E-state index in [1.54, 1.807) is 0 Å². The lowest BCUT2D eigenvalue weighted by Gasteiger charge is -2.12. The number of phenols is 1. The zero-order valence-corrected chi connectivity index (χ0v) is 12.2. The highest BCUT2D eigenvalue weighted by molar-refractivity contribution is 5.82. The number of benzene rings is 2. The second-order valence-corrected chi connectivity index (χ2v) is 5.31. The van der Waals surface area contributed by atoms with Gasteiger partial charge in [0.1, 0.15) is 5.75 Å². The van der Waals surface area contributed by atoms with Crippen molar-refractivity contribution in [1.29, 1.82) is 0 Å². The predicted octanol–water partition coefficient (Wildman–Crippen LogP) is 4.17. The Kier molecular flexibility index (Phi) is 3.48. The van der Waals surface area contributed by atoms with Gasteiger partial charge in [-0.2, -0.15) is 0 Å². The Morgan fingerprint density at radius 2 is 1.90 bits per heavy atom. The average Bonchev–Trinajstić information content (AvgIpc) is 2.52. The summed E-state index contributed by atoms with van der Waals surface area (Å²) in [4.78, 5) is 4.12. The molecule has 0 fully saturated rings. The van der Waals surface area contributed by atoms with Crippen LogP contribution in [-0.2, 0) is 6.54 Å². The van der Waals surface area contributed by atoms with E-state index in [1.807, 2.05) is 44.4 Å². The van der Waals surface area contributed by atoms with Crippen molar-refractivity contribution >= 4 is 16.5 Å². The van der Waals surface area contributed by atoms with Crippen LogP contribution in [0.15, 0.2) is 48.8 Å². The van der Waals surface area contributed by atoms with Crippen molar-refractivity contribution in [2.75, 3.05) is 5.32 Å². The van der Waals surface area contributed by atoms with Gasteiger partial charge in [0.05, 0.1) is 0 Å². The van der Waals surface area contributed by atoms with Crippen LogP contribution in [0.25, 0.3) is 10.8 Å². The lowest BCUT2D eigenvalue weighted by atomic mass is 10.1. The van der Waals surface area contributed by atoms with Crippen molar-refractivity contribution < 1.29 is 5.11 Å². The van der Waals surface area contributed by atoms with Gasteiger partial charge in [0.2, 0.25) is 0 Å². The Labute approximate surface area is 124 Å². The van der Waals surface area contributed by atoms with E-state index in [-0.39, 0.29) is 0 Å². The van der Waals surface area contributed by atoms with E-state index in [2.05, 4.69) is 28.5 Å². The fraction of sp³-hybridized carbons (Fsp3) is 0.167. The summed E-state index contributed by atoms with van der Waals surface area (Å²) >= 11 is 0. The van der Waals surface area contributed by atoms with E-state index >= 15 is 0 Å². The zero-order valence-electron chi connectivity index (χ0n) is 12.2. The molecule has 0 saturated carbocycles. The number of aromatic nitrogens is 1. The maximum absolute atomic E-state index is 9.98. The topological polar surface area (TPSA) is 45.2 Å². The number of hydrogen-bond acceptors (Lipinski definition) is 3. The van der Waals surface area contributed by atoms with Gasteiger partial charge >= 0.3 is 0 Å². The van der Waals surface area contributed by atoms with Crippen LogP contribution in [0.1, 0.15) is 16.7 Å². The van der Waals surface area contributed by atoms with Gasteiger partial charge in [0.25, 0.3) is 0 Å². The van der Waals surface area contributed by atoms with Gasteiger partial charge in [-0.3, -0.25) is 4.98 Å². The third-order valence-electron chi connectivity index (χ3n) is 3.82. The number of fused-ring (bicyclic) bond motifs is 1. The third-order valence-corrected chi connectivity index (χ3v) is 3.82. The summed E-state index contributed by atoms with van der Waals surface area (Å²) in [5.41, 5.74) is 3.96. The first kappa shape index (κ1) is 13.4. The first-order valence-corrected chi connectivity index (χ1v) is 7.01. The lowest BCUT2D eigenvalue weighted by molar-refractivity contribution is 0.467. The number of phenolic OH excluding ortho intramolecular Hbond substituents is 1. The molecule has 0 aliphatic heterocycles. The van der Waals surface area contributed by atoms with Crippen LogP contribution in [0.2, 0.25) is 0 Å². The van der Waals surface area contributed by atoms with E-state index in [9.17, 15) is 5.11 Å². The summed E-state index contributed by atoms with van der Waals surface area (Å²) in [5.74, 6) is 0.365. The minimum absolute atomic E-state index is 0.365. The number of anilines is 1. The third kappa shape index (κ3) is 2.68. The van der Waals surface area contributed by atoms with Crippen LogP contribution in [-0.4, -0.2) is 10.1 Å². The monoisotopic (exact) mass is 278 g/mol. The molecular weight excluding hydrogens is 260 g/mol. The number of nitrogens with zero attached hydrogens (tertiary/aromatic N) is 1.